The van der Waals surface area contributed by atoms with Gasteiger partial charge in [-0.05, 0) is 62.2 Å². The second-order valence-electron chi connectivity index (χ2n) is 4.48. The van der Waals surface area contributed by atoms with Gasteiger partial charge in [-0.1, -0.05) is 25.3 Å². The first kappa shape index (κ1) is 14.5. The molecule has 0 heterocycles. The van der Waals surface area contributed by atoms with Gasteiger partial charge in [-0.15, -0.1) is 17.7 Å². The highest BCUT2D eigenvalue weighted by Gasteiger charge is 2.10. The first-order valence-corrected chi connectivity index (χ1v) is 7.74. The Bertz CT molecular complexity index is 349. The van der Waals surface area contributed by atoms with E-state index in [4.69, 9.17) is 0 Å². The Morgan fingerprint density at radius 2 is 2.24 bits per heavy atom. The molecule has 0 nitrogen and oxygen atoms in total. The van der Waals surface area contributed by atoms with E-state index in [2.05, 4.69) is 31.8 Å². The predicted molar refractivity (Wildman–Crippen MR) is 80.1 cm³/mol. The molecule has 0 aliphatic heterocycles. The Kier molecular flexibility index (Phi) is 7.21. The summed E-state index contributed by atoms with van der Waals surface area (Å²) in [5, 5.41) is 0. The topological polar surface area (TPSA) is 0 Å². The Morgan fingerprint density at radius 3 is 2.82 bits per heavy atom. The third-order valence-corrected chi connectivity index (χ3v) is 4.16. The molecule has 94 valence electrons. The van der Waals surface area contributed by atoms with Crippen molar-refractivity contribution in [2.75, 3.05) is 5.75 Å². The smallest absolute Gasteiger partial charge is 0.0366 e. The molecule has 0 fully saturated rings. The number of thioether (sulfide) groups is 1. The fraction of sp³-hybridized carbons (Fsp3) is 0.625. The molecule has 1 aliphatic carbocycles. The SMILES string of the molecule is CC#C/C(C1=CCCCC1)=C(/C)SCCCC. The van der Waals surface area contributed by atoms with Crippen LogP contribution in [0.2, 0.25) is 0 Å². The molecule has 17 heavy (non-hydrogen) atoms. The summed E-state index contributed by atoms with van der Waals surface area (Å²) in [5.74, 6) is 7.62. The summed E-state index contributed by atoms with van der Waals surface area (Å²) in [5.41, 5.74) is 2.81. The van der Waals surface area contributed by atoms with Crippen LogP contribution in [0, 0.1) is 11.8 Å². The van der Waals surface area contributed by atoms with Gasteiger partial charge in [-0.25, -0.2) is 0 Å². The van der Waals surface area contributed by atoms with Gasteiger partial charge in [0.25, 0.3) is 0 Å². The van der Waals surface area contributed by atoms with Gasteiger partial charge in [0.05, 0.1) is 0 Å². The van der Waals surface area contributed by atoms with Crippen molar-refractivity contribution in [1.29, 1.82) is 0 Å². The molecule has 0 aromatic carbocycles. The summed E-state index contributed by atoms with van der Waals surface area (Å²) in [4.78, 5) is 1.42. The molecule has 0 saturated heterocycles. The van der Waals surface area contributed by atoms with Crippen LogP contribution in [0.15, 0.2) is 22.1 Å². The first-order chi connectivity index (χ1) is 8.29. The predicted octanol–water partition coefficient (Wildman–Crippen LogP) is 5.32. The van der Waals surface area contributed by atoms with E-state index in [1.807, 2.05) is 18.7 Å². The fourth-order valence-electron chi connectivity index (χ4n) is 2.03. The monoisotopic (exact) mass is 248 g/mol. The maximum Gasteiger partial charge on any atom is 0.0366 e. The molecule has 1 aliphatic rings. The third-order valence-electron chi connectivity index (χ3n) is 3.03. The van der Waals surface area contributed by atoms with Crippen molar-refractivity contribution >= 4 is 11.8 Å². The van der Waals surface area contributed by atoms with E-state index in [0.717, 1.165) is 0 Å². The molecule has 1 rings (SSSR count). The second-order valence-corrected chi connectivity index (χ2v) is 5.79. The van der Waals surface area contributed by atoms with Crippen molar-refractivity contribution in [1.82, 2.24) is 0 Å². The van der Waals surface area contributed by atoms with Gasteiger partial charge in [-0.2, -0.15) is 0 Å². The van der Waals surface area contributed by atoms with Crippen molar-refractivity contribution in [2.24, 2.45) is 0 Å². The molecule has 0 saturated carbocycles. The molecule has 0 amide bonds. The summed E-state index contributed by atoms with van der Waals surface area (Å²) in [6.07, 6.45) is 10.1. The number of hydrogen-bond donors (Lipinski definition) is 0. The van der Waals surface area contributed by atoms with Gasteiger partial charge in [0.1, 0.15) is 0 Å². The van der Waals surface area contributed by atoms with Crippen LogP contribution in [0.5, 0.6) is 0 Å². The normalized spacial score (nSPS) is 16.8. The average Bonchev–Trinajstić information content (AvgIpc) is 2.37. The van der Waals surface area contributed by atoms with Crippen LogP contribution in [0.4, 0.5) is 0 Å². The van der Waals surface area contributed by atoms with E-state index in [0.29, 0.717) is 0 Å². The third kappa shape index (κ3) is 5.04. The van der Waals surface area contributed by atoms with Crippen LogP contribution in [0.25, 0.3) is 0 Å². The minimum atomic E-state index is 1.22. The lowest BCUT2D eigenvalue weighted by Crippen LogP contribution is -1.96. The minimum Gasteiger partial charge on any atom is -0.130 e. The van der Waals surface area contributed by atoms with Gasteiger partial charge in [0, 0.05) is 5.57 Å². The molecule has 0 spiro atoms. The van der Waals surface area contributed by atoms with E-state index in [1.54, 1.807) is 0 Å². The molecule has 0 radical (unpaired) electrons. The number of hydrogen-bond acceptors (Lipinski definition) is 1. The summed E-state index contributed by atoms with van der Waals surface area (Å²) in [6.45, 7) is 6.42. The lowest BCUT2D eigenvalue weighted by molar-refractivity contribution is 0.708. The molecule has 0 bridgehead atoms. The highest BCUT2D eigenvalue weighted by molar-refractivity contribution is 8.03. The lowest BCUT2D eigenvalue weighted by Gasteiger charge is -2.15. The van der Waals surface area contributed by atoms with Gasteiger partial charge >= 0.3 is 0 Å². The fourth-order valence-corrected chi connectivity index (χ4v) is 3.09. The van der Waals surface area contributed by atoms with E-state index in [1.165, 1.54) is 60.3 Å². The standard InChI is InChI=1S/C16H24S/c1-4-6-13-17-14(3)16(10-5-2)15-11-8-7-9-12-15/h11H,4,6-9,12-13H2,1-3H3/b16-14+. The molecular weight excluding hydrogens is 224 g/mol. The quantitative estimate of drug-likeness (QED) is 0.469. The summed E-state index contributed by atoms with van der Waals surface area (Å²) < 4.78 is 0. The molecular formula is C16H24S. The summed E-state index contributed by atoms with van der Waals surface area (Å²) >= 11 is 1.98. The highest BCUT2D eigenvalue weighted by Crippen LogP contribution is 2.30. The molecule has 1 heteroatoms. The van der Waals surface area contributed by atoms with E-state index in [-0.39, 0.29) is 0 Å². The molecule has 0 unspecified atom stereocenters. The summed E-state index contributed by atoms with van der Waals surface area (Å²) in [6, 6.07) is 0. The maximum absolute atomic E-state index is 3.32. The van der Waals surface area contributed by atoms with Crippen LogP contribution in [-0.2, 0) is 0 Å². The molecule has 0 aromatic heterocycles. The largest absolute Gasteiger partial charge is 0.130 e. The zero-order valence-corrected chi connectivity index (χ0v) is 12.3. The Hall–Kier alpha value is -0.610. The zero-order chi connectivity index (χ0) is 12.5. The van der Waals surface area contributed by atoms with Crippen molar-refractivity contribution in [3.05, 3.63) is 22.1 Å². The lowest BCUT2D eigenvalue weighted by atomic mass is 9.93. The second kappa shape index (κ2) is 8.48. The van der Waals surface area contributed by atoms with Crippen LogP contribution in [-0.4, -0.2) is 5.75 Å². The number of allylic oxidation sites excluding steroid dienone is 4. The van der Waals surface area contributed by atoms with Crippen LogP contribution < -0.4 is 0 Å². The minimum absolute atomic E-state index is 1.22. The first-order valence-electron chi connectivity index (χ1n) is 6.75. The van der Waals surface area contributed by atoms with E-state index >= 15 is 0 Å². The molecule has 0 atom stereocenters. The Labute approximate surface area is 111 Å². The maximum atomic E-state index is 3.32. The van der Waals surface area contributed by atoms with Crippen LogP contribution >= 0.6 is 11.8 Å². The van der Waals surface area contributed by atoms with Gasteiger partial charge in [0.15, 0.2) is 0 Å². The number of rotatable bonds is 5. The molecule has 0 aromatic rings. The van der Waals surface area contributed by atoms with Gasteiger partial charge in [-0.3, -0.25) is 0 Å². The van der Waals surface area contributed by atoms with Gasteiger partial charge < -0.3 is 0 Å². The van der Waals surface area contributed by atoms with Crippen molar-refractivity contribution in [2.45, 2.75) is 59.3 Å². The zero-order valence-electron chi connectivity index (χ0n) is 11.4. The van der Waals surface area contributed by atoms with Gasteiger partial charge in [0.2, 0.25) is 0 Å². The Morgan fingerprint density at radius 1 is 1.41 bits per heavy atom. The van der Waals surface area contributed by atoms with Crippen molar-refractivity contribution in [3.8, 4) is 11.8 Å². The van der Waals surface area contributed by atoms with Crippen LogP contribution in [0.3, 0.4) is 0 Å². The van der Waals surface area contributed by atoms with Crippen LogP contribution in [0.1, 0.15) is 59.3 Å². The molecule has 0 N–H and O–H groups in total. The van der Waals surface area contributed by atoms with E-state index in [9.17, 15) is 0 Å². The summed E-state index contributed by atoms with van der Waals surface area (Å²) in [7, 11) is 0. The highest BCUT2D eigenvalue weighted by atomic mass is 32.2. The van der Waals surface area contributed by atoms with Crippen molar-refractivity contribution < 1.29 is 0 Å². The average molecular weight is 248 g/mol. The Balaban J connectivity index is 2.77. The number of unbranched alkanes of at least 4 members (excludes halogenated alkanes) is 1. The van der Waals surface area contributed by atoms with E-state index < -0.39 is 0 Å². The van der Waals surface area contributed by atoms with Crippen molar-refractivity contribution in [3.63, 3.8) is 0 Å².